The lowest BCUT2D eigenvalue weighted by Gasteiger charge is -2.12. The summed E-state index contributed by atoms with van der Waals surface area (Å²) in [5.41, 5.74) is 2.71. The van der Waals surface area contributed by atoms with Gasteiger partial charge in [0.1, 0.15) is 17.1 Å². The first-order valence-electron chi connectivity index (χ1n) is 8.74. The first kappa shape index (κ1) is 24.1. The quantitative estimate of drug-likeness (QED) is 0.249. The minimum atomic E-state index is -3.89. The third-order valence-electron chi connectivity index (χ3n) is 3.47. The van der Waals surface area contributed by atoms with Gasteiger partial charge in [0.25, 0.3) is 0 Å². The van der Waals surface area contributed by atoms with Crippen molar-refractivity contribution in [3.8, 4) is 17.4 Å². The number of anilines is 1. The van der Waals surface area contributed by atoms with Gasteiger partial charge in [0.15, 0.2) is 15.6 Å². The Hall–Kier alpha value is -3.19. The number of hydrogen-bond donors (Lipinski definition) is 1. The van der Waals surface area contributed by atoms with Crippen LogP contribution in [0.1, 0.15) is 13.8 Å². The minimum Gasteiger partial charge on any atom is -0.461 e. The number of carbonyl (C=O) groups is 1. The van der Waals surface area contributed by atoms with Crippen molar-refractivity contribution in [2.75, 3.05) is 24.5 Å². The molecule has 2 rings (SSSR count). The molecule has 0 aliphatic carbocycles. The molecule has 0 unspecified atom stereocenters. The summed E-state index contributed by atoms with van der Waals surface area (Å²) < 4.78 is 61.6. The average molecular weight is 472 g/mol. The van der Waals surface area contributed by atoms with E-state index in [4.69, 9.17) is 13.7 Å². The van der Waals surface area contributed by atoms with Crippen LogP contribution in [0.3, 0.4) is 0 Å². The van der Waals surface area contributed by atoms with Crippen LogP contribution in [0.4, 0.5) is 5.69 Å². The van der Waals surface area contributed by atoms with Crippen LogP contribution < -0.4 is 14.3 Å². The van der Waals surface area contributed by atoms with Crippen molar-refractivity contribution in [3.63, 3.8) is 0 Å². The highest BCUT2D eigenvalue weighted by Gasteiger charge is 2.14. The van der Waals surface area contributed by atoms with Crippen LogP contribution in [0, 0.1) is 0 Å². The fraction of sp³-hybridized carbons (Fsp3) is 0.278. The molecule has 2 aromatic rings. The fourth-order valence-electron chi connectivity index (χ4n) is 2.08. The van der Waals surface area contributed by atoms with Gasteiger partial charge in [0.05, 0.1) is 17.8 Å². The number of sulfone groups is 1. The number of ether oxygens (including phenoxy) is 2. The lowest BCUT2D eigenvalue weighted by molar-refractivity contribution is -0.135. The molecule has 1 aromatic carbocycles. The monoisotopic (exact) mass is 471 g/mol. The van der Waals surface area contributed by atoms with Gasteiger partial charge >= 0.3 is 16.1 Å². The highest BCUT2D eigenvalue weighted by atomic mass is 32.2. The van der Waals surface area contributed by atoms with Crippen molar-refractivity contribution in [3.05, 3.63) is 36.5 Å². The molecule has 0 saturated heterocycles. The molecule has 1 N–H and O–H groups in total. The zero-order valence-electron chi connectivity index (χ0n) is 17.1. The molecule has 0 aliphatic heterocycles. The second kappa shape index (κ2) is 9.75. The Morgan fingerprint density at radius 3 is 2.39 bits per heavy atom. The zero-order valence-corrected chi connectivity index (χ0v) is 18.8. The Bertz CT molecular complexity index is 1190. The molecule has 0 fully saturated rings. The van der Waals surface area contributed by atoms with Crippen molar-refractivity contribution in [2.24, 2.45) is 5.10 Å². The van der Waals surface area contributed by atoms with Gasteiger partial charge < -0.3 is 13.7 Å². The zero-order chi connectivity index (χ0) is 23.2. The van der Waals surface area contributed by atoms with E-state index in [0.29, 0.717) is 0 Å². The largest absolute Gasteiger partial charge is 0.461 e. The molecule has 11 nitrogen and oxygen atoms in total. The molecule has 168 valence electrons. The predicted octanol–water partition coefficient (Wildman–Crippen LogP) is 1.97. The van der Waals surface area contributed by atoms with E-state index in [1.165, 1.54) is 37.3 Å². The van der Waals surface area contributed by atoms with Gasteiger partial charge in [-0.1, -0.05) is 0 Å². The Labute approximate surface area is 180 Å². The van der Waals surface area contributed by atoms with Crippen molar-refractivity contribution in [1.82, 2.24) is 4.98 Å². The van der Waals surface area contributed by atoms with E-state index in [-0.39, 0.29) is 40.3 Å². The van der Waals surface area contributed by atoms with E-state index in [1.807, 2.05) is 0 Å². The highest BCUT2D eigenvalue weighted by Crippen LogP contribution is 2.32. The molecule has 0 atom stereocenters. The van der Waals surface area contributed by atoms with E-state index >= 15 is 0 Å². The summed E-state index contributed by atoms with van der Waals surface area (Å²) in [6.45, 7) is 3.25. The topological polar surface area (TPSA) is 150 Å². The smallest absolute Gasteiger partial charge is 0.354 e. The van der Waals surface area contributed by atoms with Gasteiger partial charge in [0.2, 0.25) is 5.88 Å². The summed E-state index contributed by atoms with van der Waals surface area (Å²) in [6.07, 6.45) is 3.06. The lowest BCUT2D eigenvalue weighted by atomic mass is 10.3. The summed E-state index contributed by atoms with van der Waals surface area (Å²) >= 11 is 0. The van der Waals surface area contributed by atoms with Gasteiger partial charge in [-0.3, -0.25) is 5.43 Å². The molecule has 0 saturated carbocycles. The van der Waals surface area contributed by atoms with Crippen LogP contribution in [0.2, 0.25) is 0 Å². The van der Waals surface area contributed by atoms with Crippen LogP contribution in [0.25, 0.3) is 0 Å². The number of hydrazone groups is 1. The molecule has 1 aromatic heterocycles. The summed E-state index contributed by atoms with van der Waals surface area (Å²) in [5.74, 6) is -0.540. The number of rotatable bonds is 9. The number of hydrogen-bond acceptors (Lipinski definition) is 11. The lowest BCUT2D eigenvalue weighted by Crippen LogP contribution is -2.15. The van der Waals surface area contributed by atoms with E-state index in [2.05, 4.69) is 15.5 Å². The Morgan fingerprint density at radius 1 is 1.13 bits per heavy atom. The van der Waals surface area contributed by atoms with Gasteiger partial charge in [-0.05, 0) is 32.0 Å². The molecule has 0 aliphatic rings. The summed E-state index contributed by atoms with van der Waals surface area (Å²) in [4.78, 5) is 15.6. The Balaban J connectivity index is 2.29. The second-order valence-corrected chi connectivity index (χ2v) is 9.77. The highest BCUT2D eigenvalue weighted by molar-refractivity contribution is 7.90. The maximum Gasteiger partial charge on any atom is 0.354 e. The summed E-state index contributed by atoms with van der Waals surface area (Å²) in [7, 11) is -7.30. The third-order valence-corrected chi connectivity index (χ3v) is 5.05. The van der Waals surface area contributed by atoms with Crippen molar-refractivity contribution in [1.29, 1.82) is 0 Å². The number of nitrogens with zero attached hydrogens (tertiary/aromatic N) is 2. The maximum absolute atomic E-state index is 11.6. The molecule has 0 spiro atoms. The Kier molecular flexibility index (Phi) is 7.57. The van der Waals surface area contributed by atoms with Crippen LogP contribution in [0.15, 0.2) is 46.5 Å². The molecule has 0 bridgehead atoms. The van der Waals surface area contributed by atoms with Gasteiger partial charge in [0, 0.05) is 24.6 Å². The number of nitrogens with one attached hydrogen (secondary N) is 1. The third kappa shape index (κ3) is 7.53. The Morgan fingerprint density at radius 2 is 1.84 bits per heavy atom. The normalized spacial score (nSPS) is 12.2. The fourth-order valence-corrected chi connectivity index (χ4v) is 3.11. The van der Waals surface area contributed by atoms with E-state index in [0.717, 1.165) is 18.7 Å². The first-order valence-corrected chi connectivity index (χ1v) is 12.4. The van der Waals surface area contributed by atoms with E-state index in [1.54, 1.807) is 6.92 Å². The minimum absolute atomic E-state index is 0.0163. The van der Waals surface area contributed by atoms with Gasteiger partial charge in [-0.25, -0.2) is 18.2 Å². The molecule has 0 amide bonds. The van der Waals surface area contributed by atoms with Crippen LogP contribution in [-0.2, 0) is 29.5 Å². The first-order chi connectivity index (χ1) is 14.4. The van der Waals surface area contributed by atoms with E-state index in [9.17, 15) is 21.6 Å². The van der Waals surface area contributed by atoms with Gasteiger partial charge in [-0.15, -0.1) is 0 Å². The van der Waals surface area contributed by atoms with Crippen LogP contribution in [-0.4, -0.2) is 52.6 Å². The van der Waals surface area contributed by atoms with E-state index < -0.39 is 25.9 Å². The van der Waals surface area contributed by atoms with Gasteiger partial charge in [-0.2, -0.15) is 13.5 Å². The molecule has 1 heterocycles. The standard InChI is InChI=1S/C18H21N3O8S2/c1-5-27-18(22)12(2)20-21-15-8-6-13(10-16(15)29-31(4,25)26)28-17-9-7-14(11-19-17)30(3,23)24/h6-11,21H,5H2,1-4H3/b20-12+. The average Bonchev–Trinajstić information content (AvgIpc) is 2.66. The number of aromatic nitrogens is 1. The molecular formula is C18H21N3O8S2. The van der Waals surface area contributed by atoms with Crippen LogP contribution >= 0.6 is 0 Å². The second-order valence-electron chi connectivity index (χ2n) is 6.18. The number of pyridine rings is 1. The van der Waals surface area contributed by atoms with Crippen molar-refractivity contribution < 1.29 is 35.3 Å². The summed E-state index contributed by atoms with van der Waals surface area (Å²) in [6, 6.07) is 6.84. The molecule has 31 heavy (non-hydrogen) atoms. The number of esters is 1. The molecular weight excluding hydrogens is 450 g/mol. The number of carbonyl (C=O) groups excluding carboxylic acids is 1. The SMILES string of the molecule is CCOC(=O)/C(C)=N/Nc1ccc(Oc2ccc(S(C)(=O)=O)cn2)cc1OS(C)(=O)=O. The van der Waals surface area contributed by atoms with Crippen LogP contribution in [0.5, 0.6) is 17.4 Å². The molecule has 13 heteroatoms. The number of benzene rings is 1. The predicted molar refractivity (Wildman–Crippen MR) is 113 cm³/mol. The van der Waals surface area contributed by atoms with Crippen molar-refractivity contribution >= 4 is 37.3 Å². The van der Waals surface area contributed by atoms with Crippen molar-refractivity contribution in [2.45, 2.75) is 18.7 Å². The summed E-state index contributed by atoms with van der Waals surface area (Å²) in [5, 5.41) is 3.86. The molecule has 0 radical (unpaired) electrons. The maximum atomic E-state index is 11.6.